The molecule has 0 atom stereocenters. The van der Waals surface area contributed by atoms with Gasteiger partial charge in [-0.25, -0.2) is 4.79 Å². The molecule has 1 aliphatic heterocycles. The first-order valence-corrected chi connectivity index (χ1v) is 10.3. The summed E-state index contributed by atoms with van der Waals surface area (Å²) in [6, 6.07) is 20.7. The SMILES string of the molecule is Cc1ccc(CN2C(=O)N/C(=C/c3ccc(OCc4ccccc4)c([N+](=O)[O-])c3)C2=O)cc1. The molecule has 0 aromatic heterocycles. The Bertz CT molecular complexity index is 1240. The van der Waals surface area contributed by atoms with Gasteiger partial charge < -0.3 is 10.1 Å². The molecule has 3 aromatic rings. The Morgan fingerprint density at radius 1 is 1.00 bits per heavy atom. The van der Waals surface area contributed by atoms with Crippen LogP contribution in [0.5, 0.6) is 5.75 Å². The van der Waals surface area contributed by atoms with Crippen molar-refractivity contribution >= 4 is 23.7 Å². The van der Waals surface area contributed by atoms with Crippen molar-refractivity contribution in [2.75, 3.05) is 0 Å². The van der Waals surface area contributed by atoms with Crippen molar-refractivity contribution in [2.45, 2.75) is 20.1 Å². The molecule has 3 aromatic carbocycles. The second-order valence-corrected chi connectivity index (χ2v) is 7.62. The van der Waals surface area contributed by atoms with Crippen LogP contribution >= 0.6 is 0 Å². The van der Waals surface area contributed by atoms with Crippen LogP contribution in [0, 0.1) is 17.0 Å². The van der Waals surface area contributed by atoms with E-state index < -0.39 is 16.9 Å². The van der Waals surface area contributed by atoms with E-state index in [-0.39, 0.29) is 30.3 Å². The van der Waals surface area contributed by atoms with Gasteiger partial charge in [0, 0.05) is 6.07 Å². The molecule has 1 saturated heterocycles. The van der Waals surface area contributed by atoms with Gasteiger partial charge in [-0.3, -0.25) is 19.8 Å². The molecule has 8 nitrogen and oxygen atoms in total. The highest BCUT2D eigenvalue weighted by molar-refractivity contribution is 6.13. The number of carbonyl (C=O) groups excluding carboxylic acids is 2. The standard InChI is InChI=1S/C25H21N3O5/c1-17-7-9-18(10-8-17)15-27-24(29)21(26-25(27)30)13-20-11-12-23(22(14-20)28(31)32)33-16-19-5-3-2-4-6-19/h2-14H,15-16H2,1H3,(H,26,30)/b21-13+. The summed E-state index contributed by atoms with van der Waals surface area (Å²) in [5, 5.41) is 14.1. The monoisotopic (exact) mass is 443 g/mol. The maximum atomic E-state index is 12.8. The van der Waals surface area contributed by atoms with E-state index >= 15 is 0 Å². The van der Waals surface area contributed by atoms with Crippen LogP contribution in [-0.4, -0.2) is 21.8 Å². The first-order valence-electron chi connectivity index (χ1n) is 10.3. The fourth-order valence-corrected chi connectivity index (χ4v) is 3.38. The lowest BCUT2D eigenvalue weighted by Gasteiger charge is -2.11. The van der Waals surface area contributed by atoms with Crippen LogP contribution in [0.1, 0.15) is 22.3 Å². The molecule has 3 amide bonds. The Morgan fingerprint density at radius 3 is 2.42 bits per heavy atom. The van der Waals surface area contributed by atoms with Crippen LogP contribution in [0.3, 0.4) is 0 Å². The highest BCUT2D eigenvalue weighted by atomic mass is 16.6. The van der Waals surface area contributed by atoms with Crippen molar-refractivity contribution < 1.29 is 19.2 Å². The molecule has 0 aliphatic carbocycles. The molecule has 0 bridgehead atoms. The smallest absolute Gasteiger partial charge is 0.329 e. The lowest BCUT2D eigenvalue weighted by atomic mass is 10.1. The second kappa shape index (κ2) is 9.35. The van der Waals surface area contributed by atoms with Gasteiger partial charge in [-0.15, -0.1) is 0 Å². The number of rotatable bonds is 7. The number of hydrogen-bond donors (Lipinski definition) is 1. The molecule has 1 N–H and O–H groups in total. The van der Waals surface area contributed by atoms with Crippen LogP contribution in [0.2, 0.25) is 0 Å². The summed E-state index contributed by atoms with van der Waals surface area (Å²) in [6.07, 6.45) is 1.42. The van der Waals surface area contributed by atoms with Gasteiger partial charge in [0.05, 0.1) is 11.5 Å². The fraction of sp³-hybridized carbons (Fsp3) is 0.120. The lowest BCUT2D eigenvalue weighted by Crippen LogP contribution is -2.30. The van der Waals surface area contributed by atoms with E-state index in [4.69, 9.17) is 4.74 Å². The molecule has 0 spiro atoms. The van der Waals surface area contributed by atoms with Crippen LogP contribution in [-0.2, 0) is 17.9 Å². The van der Waals surface area contributed by atoms with E-state index in [1.165, 1.54) is 18.2 Å². The minimum atomic E-state index is -0.541. The number of benzene rings is 3. The van der Waals surface area contributed by atoms with E-state index in [0.29, 0.717) is 5.56 Å². The van der Waals surface area contributed by atoms with Crippen molar-refractivity contribution in [3.63, 3.8) is 0 Å². The molecule has 33 heavy (non-hydrogen) atoms. The van der Waals surface area contributed by atoms with Gasteiger partial charge in [0.2, 0.25) is 0 Å². The van der Waals surface area contributed by atoms with Gasteiger partial charge >= 0.3 is 11.7 Å². The molecule has 4 rings (SSSR count). The average Bonchev–Trinajstić information content (AvgIpc) is 3.07. The number of carbonyl (C=O) groups is 2. The number of aryl methyl sites for hydroxylation is 1. The Balaban J connectivity index is 1.52. The minimum absolute atomic E-state index is 0.0550. The van der Waals surface area contributed by atoms with E-state index in [9.17, 15) is 19.7 Å². The molecule has 1 fully saturated rings. The Kier molecular flexibility index (Phi) is 6.17. The van der Waals surface area contributed by atoms with Crippen molar-refractivity contribution in [3.8, 4) is 5.75 Å². The van der Waals surface area contributed by atoms with Gasteiger partial charge in [0.1, 0.15) is 12.3 Å². The molecule has 1 aliphatic rings. The Hall–Kier alpha value is -4.46. The summed E-state index contributed by atoms with van der Waals surface area (Å²) >= 11 is 0. The van der Waals surface area contributed by atoms with Crippen molar-refractivity contribution in [1.29, 1.82) is 0 Å². The molecule has 0 saturated carbocycles. The third-order valence-corrected chi connectivity index (χ3v) is 5.15. The predicted octanol–water partition coefficient (Wildman–Crippen LogP) is 4.58. The number of nitrogens with one attached hydrogen (secondary N) is 1. The summed E-state index contributed by atoms with van der Waals surface area (Å²) in [4.78, 5) is 37.2. The number of ether oxygens (including phenoxy) is 1. The largest absolute Gasteiger partial charge is 0.482 e. The summed E-state index contributed by atoms with van der Waals surface area (Å²) in [6.45, 7) is 2.27. The van der Waals surface area contributed by atoms with Gasteiger partial charge in [0.15, 0.2) is 5.75 Å². The summed E-state index contributed by atoms with van der Waals surface area (Å²) in [5.41, 5.74) is 3.00. The highest BCUT2D eigenvalue weighted by Gasteiger charge is 2.33. The van der Waals surface area contributed by atoms with Crippen molar-refractivity contribution in [1.82, 2.24) is 10.2 Å². The zero-order valence-corrected chi connectivity index (χ0v) is 17.9. The second-order valence-electron chi connectivity index (χ2n) is 7.62. The van der Waals surface area contributed by atoms with Crippen LogP contribution in [0.15, 0.2) is 78.5 Å². The highest BCUT2D eigenvalue weighted by Crippen LogP contribution is 2.30. The number of hydrogen-bond acceptors (Lipinski definition) is 5. The predicted molar refractivity (Wildman–Crippen MR) is 122 cm³/mol. The van der Waals surface area contributed by atoms with Gasteiger partial charge in [0.25, 0.3) is 5.91 Å². The number of amides is 3. The Morgan fingerprint density at radius 2 is 1.73 bits per heavy atom. The molecule has 0 unspecified atom stereocenters. The zero-order valence-electron chi connectivity index (χ0n) is 17.9. The average molecular weight is 443 g/mol. The topological polar surface area (TPSA) is 102 Å². The number of nitrogens with zero attached hydrogens (tertiary/aromatic N) is 2. The number of imide groups is 1. The van der Waals surface area contributed by atoms with E-state index in [1.54, 1.807) is 6.07 Å². The quantitative estimate of drug-likeness (QED) is 0.249. The first-order chi connectivity index (χ1) is 15.9. The number of nitro benzene ring substituents is 1. The fourth-order valence-electron chi connectivity index (χ4n) is 3.38. The van der Waals surface area contributed by atoms with Crippen molar-refractivity contribution in [2.24, 2.45) is 0 Å². The first kappa shape index (κ1) is 21.8. The maximum absolute atomic E-state index is 12.8. The number of urea groups is 1. The van der Waals surface area contributed by atoms with E-state index in [1.807, 2.05) is 61.5 Å². The molecular formula is C25H21N3O5. The number of nitro groups is 1. The van der Waals surface area contributed by atoms with E-state index in [2.05, 4.69) is 5.32 Å². The normalized spacial score (nSPS) is 14.5. The third-order valence-electron chi connectivity index (χ3n) is 5.15. The summed E-state index contributed by atoms with van der Waals surface area (Å²) in [5.74, 6) is -0.374. The minimum Gasteiger partial charge on any atom is -0.482 e. The molecule has 0 radical (unpaired) electrons. The Labute approximate surface area is 190 Å². The lowest BCUT2D eigenvalue weighted by molar-refractivity contribution is -0.386. The molecule has 1 heterocycles. The van der Waals surface area contributed by atoms with Crippen LogP contribution < -0.4 is 10.1 Å². The van der Waals surface area contributed by atoms with Gasteiger partial charge in [-0.1, -0.05) is 66.2 Å². The third kappa shape index (κ3) is 5.07. The zero-order chi connectivity index (χ0) is 23.4. The molecular weight excluding hydrogens is 422 g/mol. The molecule has 8 heteroatoms. The van der Waals surface area contributed by atoms with Gasteiger partial charge in [-0.05, 0) is 35.8 Å². The maximum Gasteiger partial charge on any atom is 0.329 e. The summed E-state index contributed by atoms with van der Waals surface area (Å²) < 4.78 is 5.63. The summed E-state index contributed by atoms with van der Waals surface area (Å²) in [7, 11) is 0. The van der Waals surface area contributed by atoms with Crippen molar-refractivity contribution in [3.05, 3.63) is 111 Å². The van der Waals surface area contributed by atoms with Crippen LogP contribution in [0.4, 0.5) is 10.5 Å². The molecule has 166 valence electrons. The van der Waals surface area contributed by atoms with E-state index in [0.717, 1.165) is 21.6 Å². The van der Waals surface area contributed by atoms with Gasteiger partial charge in [-0.2, -0.15) is 0 Å². The van der Waals surface area contributed by atoms with Crippen LogP contribution in [0.25, 0.3) is 6.08 Å².